The molecule has 156 valence electrons. The van der Waals surface area contributed by atoms with Crippen LogP contribution in [0.4, 0.5) is 5.69 Å². The number of hydrogen-bond acceptors (Lipinski definition) is 5. The second kappa shape index (κ2) is 8.83. The van der Waals surface area contributed by atoms with Gasteiger partial charge in [-0.1, -0.05) is 54.0 Å². The maximum absolute atomic E-state index is 13.2. The van der Waals surface area contributed by atoms with E-state index in [0.717, 1.165) is 52.7 Å². The summed E-state index contributed by atoms with van der Waals surface area (Å²) in [6, 6.07) is 17.5. The second-order valence-electron chi connectivity index (χ2n) is 7.56. The van der Waals surface area contributed by atoms with Gasteiger partial charge in [-0.3, -0.25) is 15.2 Å². The van der Waals surface area contributed by atoms with Crippen molar-refractivity contribution in [2.24, 2.45) is 4.99 Å². The lowest BCUT2D eigenvalue weighted by molar-refractivity contribution is 0.0750. The highest BCUT2D eigenvalue weighted by atomic mass is 35.5. The van der Waals surface area contributed by atoms with Crippen LogP contribution in [-0.4, -0.2) is 34.7 Å². The molecule has 0 unspecified atom stereocenters. The Kier molecular flexibility index (Phi) is 5.76. The smallest absolute Gasteiger partial charge is 0.267 e. The second-order valence-corrected chi connectivity index (χ2v) is 9.08. The third-order valence-electron chi connectivity index (χ3n) is 5.42. The Hall–Kier alpha value is -2.67. The van der Waals surface area contributed by atoms with Crippen LogP contribution in [0.25, 0.3) is 0 Å². The van der Waals surface area contributed by atoms with Crippen LogP contribution in [-0.2, 0) is 0 Å². The molecule has 2 aliphatic rings. The highest BCUT2D eigenvalue weighted by Gasteiger charge is 2.24. The van der Waals surface area contributed by atoms with Gasteiger partial charge in [0.05, 0.1) is 27.7 Å². The van der Waals surface area contributed by atoms with Gasteiger partial charge in [-0.05, 0) is 43.2 Å². The first-order chi connectivity index (χ1) is 15.2. The van der Waals surface area contributed by atoms with E-state index in [1.54, 1.807) is 18.0 Å². The minimum atomic E-state index is -0.127. The molecule has 2 aliphatic heterocycles. The normalized spacial score (nSPS) is 16.0. The van der Waals surface area contributed by atoms with Crippen LogP contribution < -0.4 is 5.43 Å². The van der Waals surface area contributed by atoms with E-state index in [0.29, 0.717) is 16.3 Å². The summed E-state index contributed by atoms with van der Waals surface area (Å²) in [4.78, 5) is 24.7. The Labute approximate surface area is 190 Å². The van der Waals surface area contributed by atoms with Crippen LogP contribution in [0, 0.1) is 0 Å². The highest BCUT2D eigenvalue weighted by Crippen LogP contribution is 2.42. The number of benzene rings is 2. The zero-order valence-electron chi connectivity index (χ0n) is 16.8. The van der Waals surface area contributed by atoms with E-state index in [9.17, 15) is 4.79 Å². The Bertz CT molecular complexity index is 1160. The van der Waals surface area contributed by atoms with Crippen molar-refractivity contribution in [1.82, 2.24) is 15.4 Å². The number of halogens is 1. The number of carbonyl (C=O) groups excluding carboxylic acids is 1. The Morgan fingerprint density at radius 3 is 2.58 bits per heavy atom. The van der Waals surface area contributed by atoms with E-state index in [-0.39, 0.29) is 5.91 Å². The molecule has 0 radical (unpaired) electrons. The third-order valence-corrected chi connectivity index (χ3v) is 6.76. The molecular weight excluding hydrogens is 428 g/mol. The average Bonchev–Trinajstić information content (AvgIpc) is 2.97. The maximum atomic E-state index is 13.2. The predicted octanol–water partition coefficient (Wildman–Crippen LogP) is 5.50. The van der Waals surface area contributed by atoms with Crippen molar-refractivity contribution in [3.05, 3.63) is 82.6 Å². The standard InChI is InChI=1S/C24H21ClN4OS/c25-16-11-12-19(26-15-16)22-17-7-2-3-9-20(17)31-21-10-6-8-18(23(21)27-22)24(30)28-29-13-4-1-5-14-29/h2-3,6-12,15H,1,4-5,13-14H2,(H,28,30). The van der Waals surface area contributed by atoms with E-state index >= 15 is 0 Å². The number of piperidine rings is 1. The summed E-state index contributed by atoms with van der Waals surface area (Å²) >= 11 is 7.68. The predicted molar refractivity (Wildman–Crippen MR) is 124 cm³/mol. The van der Waals surface area contributed by atoms with Crippen LogP contribution in [0.5, 0.6) is 0 Å². The zero-order valence-corrected chi connectivity index (χ0v) is 18.4. The maximum Gasteiger partial charge on any atom is 0.267 e. The molecule has 5 nitrogen and oxygen atoms in total. The molecule has 2 aromatic carbocycles. The molecular formula is C24H21ClN4OS. The van der Waals surface area contributed by atoms with Gasteiger partial charge in [0.25, 0.3) is 5.91 Å². The minimum Gasteiger partial charge on any atom is -0.285 e. The fourth-order valence-electron chi connectivity index (χ4n) is 3.87. The molecule has 3 heterocycles. The van der Waals surface area contributed by atoms with Crippen molar-refractivity contribution < 1.29 is 4.79 Å². The molecule has 31 heavy (non-hydrogen) atoms. The summed E-state index contributed by atoms with van der Waals surface area (Å²) in [5, 5.41) is 2.58. The number of hydrazine groups is 1. The molecule has 7 heteroatoms. The van der Waals surface area contributed by atoms with Crippen molar-refractivity contribution in [1.29, 1.82) is 0 Å². The number of rotatable bonds is 3. The number of carbonyl (C=O) groups is 1. The van der Waals surface area contributed by atoms with Crippen molar-refractivity contribution in [2.75, 3.05) is 13.1 Å². The van der Waals surface area contributed by atoms with E-state index in [2.05, 4.69) is 16.5 Å². The third kappa shape index (κ3) is 4.24. The zero-order chi connectivity index (χ0) is 21.2. The topological polar surface area (TPSA) is 57.6 Å². The summed E-state index contributed by atoms with van der Waals surface area (Å²) in [7, 11) is 0. The molecule has 0 aliphatic carbocycles. The number of para-hydroxylation sites is 1. The first kappa shape index (κ1) is 20.2. The SMILES string of the molecule is O=C(NN1CCCCC1)c1cccc2c1N=C(c1ccc(Cl)cn1)c1ccccc1S2. The number of nitrogens with one attached hydrogen (secondary N) is 1. The number of amides is 1. The molecule has 1 amide bonds. The monoisotopic (exact) mass is 448 g/mol. The quantitative estimate of drug-likeness (QED) is 0.449. The number of pyridine rings is 1. The first-order valence-electron chi connectivity index (χ1n) is 10.4. The fraction of sp³-hybridized carbons (Fsp3) is 0.208. The van der Waals surface area contributed by atoms with Crippen molar-refractivity contribution in [3.63, 3.8) is 0 Å². The average molecular weight is 449 g/mol. The Morgan fingerprint density at radius 1 is 0.968 bits per heavy atom. The largest absolute Gasteiger partial charge is 0.285 e. The summed E-state index contributed by atoms with van der Waals surface area (Å²) in [6.07, 6.45) is 5.03. The van der Waals surface area contributed by atoms with Crippen molar-refractivity contribution in [2.45, 2.75) is 29.1 Å². The van der Waals surface area contributed by atoms with Gasteiger partial charge in [0, 0.05) is 34.6 Å². The van der Waals surface area contributed by atoms with Gasteiger partial charge < -0.3 is 0 Å². The lowest BCUT2D eigenvalue weighted by atomic mass is 10.1. The molecule has 3 aromatic rings. The van der Waals surface area contributed by atoms with E-state index < -0.39 is 0 Å². The summed E-state index contributed by atoms with van der Waals surface area (Å²) in [5.74, 6) is -0.127. The van der Waals surface area contributed by atoms with Crippen LogP contribution >= 0.6 is 23.4 Å². The minimum absolute atomic E-state index is 0.127. The number of aromatic nitrogens is 1. The van der Waals surface area contributed by atoms with Gasteiger partial charge in [-0.25, -0.2) is 10.0 Å². The van der Waals surface area contributed by atoms with E-state index in [1.165, 1.54) is 6.42 Å². The van der Waals surface area contributed by atoms with Crippen LogP contribution in [0.3, 0.4) is 0 Å². The van der Waals surface area contributed by atoms with Gasteiger partial charge in [0.15, 0.2) is 0 Å². The van der Waals surface area contributed by atoms with E-state index in [1.807, 2.05) is 53.5 Å². The summed E-state index contributed by atoms with van der Waals surface area (Å²) < 4.78 is 0. The Balaban J connectivity index is 1.61. The fourth-order valence-corrected chi connectivity index (χ4v) is 5.03. The molecule has 5 rings (SSSR count). The van der Waals surface area contributed by atoms with Gasteiger partial charge in [-0.15, -0.1) is 0 Å². The number of aliphatic imine (C=N–C) groups is 1. The van der Waals surface area contributed by atoms with Gasteiger partial charge >= 0.3 is 0 Å². The summed E-state index contributed by atoms with van der Waals surface area (Å²) in [6.45, 7) is 1.76. The Morgan fingerprint density at radius 2 is 1.77 bits per heavy atom. The van der Waals surface area contributed by atoms with Crippen LogP contribution in [0.15, 0.2) is 75.6 Å². The molecule has 1 aromatic heterocycles. The molecule has 0 atom stereocenters. The van der Waals surface area contributed by atoms with Crippen LogP contribution in [0.1, 0.15) is 40.9 Å². The van der Waals surface area contributed by atoms with E-state index in [4.69, 9.17) is 16.6 Å². The number of nitrogens with zero attached hydrogens (tertiary/aromatic N) is 3. The van der Waals surface area contributed by atoms with Crippen molar-refractivity contribution in [3.8, 4) is 0 Å². The summed E-state index contributed by atoms with van der Waals surface area (Å²) in [5.41, 5.74) is 6.75. The van der Waals surface area contributed by atoms with Crippen LogP contribution in [0.2, 0.25) is 5.02 Å². The van der Waals surface area contributed by atoms with Gasteiger partial charge in [-0.2, -0.15) is 0 Å². The lowest BCUT2D eigenvalue weighted by Gasteiger charge is -2.27. The number of fused-ring (bicyclic) bond motifs is 2. The molecule has 0 saturated carbocycles. The number of hydrogen-bond donors (Lipinski definition) is 1. The molecule has 1 fully saturated rings. The molecule has 0 bridgehead atoms. The van der Waals surface area contributed by atoms with Crippen molar-refractivity contribution >= 4 is 40.7 Å². The molecule has 1 N–H and O–H groups in total. The highest BCUT2D eigenvalue weighted by molar-refractivity contribution is 7.99. The van der Waals surface area contributed by atoms with Gasteiger partial charge in [0.1, 0.15) is 0 Å². The first-order valence-corrected chi connectivity index (χ1v) is 11.6. The van der Waals surface area contributed by atoms with Gasteiger partial charge in [0.2, 0.25) is 0 Å². The molecule has 0 spiro atoms. The molecule has 1 saturated heterocycles. The lowest BCUT2D eigenvalue weighted by Crippen LogP contribution is -2.45.